The smallest absolute Gasteiger partial charge is 0.241 e. The Labute approximate surface area is 74.0 Å². The Bertz CT molecular complexity index is 167. The third-order valence-corrected chi connectivity index (χ3v) is 2.47. The van der Waals surface area contributed by atoms with Gasteiger partial charge in [-0.05, 0) is 6.42 Å². The van der Waals surface area contributed by atoms with Crippen LogP contribution in [-0.4, -0.2) is 28.4 Å². The van der Waals surface area contributed by atoms with Crippen molar-refractivity contribution >= 4 is 23.2 Å². The fraction of sp³-hybridized carbons (Fsp3) is 1.00. The van der Waals surface area contributed by atoms with E-state index in [1.807, 2.05) is 0 Å². The van der Waals surface area contributed by atoms with Gasteiger partial charge < -0.3 is 0 Å². The average molecular weight is 199 g/mol. The Morgan fingerprint density at radius 3 is 2.64 bits per heavy atom. The largest absolute Gasteiger partial charge is 0.295 e. The van der Waals surface area contributed by atoms with Crippen LogP contribution in [0.3, 0.4) is 0 Å². The Hall–Kier alpha value is -0.0600. The summed E-state index contributed by atoms with van der Waals surface area (Å²) in [6, 6.07) is -0.702. The SMILES string of the molecule is O=[N+]([O-])C1CNC(Cl)CC1Cl. The van der Waals surface area contributed by atoms with Gasteiger partial charge in [0.15, 0.2) is 0 Å². The molecule has 0 amide bonds. The van der Waals surface area contributed by atoms with Crippen LogP contribution in [0.15, 0.2) is 0 Å². The van der Waals surface area contributed by atoms with Gasteiger partial charge in [-0.2, -0.15) is 0 Å². The van der Waals surface area contributed by atoms with Gasteiger partial charge >= 0.3 is 0 Å². The molecule has 0 aromatic heterocycles. The number of hydrogen-bond donors (Lipinski definition) is 1. The summed E-state index contributed by atoms with van der Waals surface area (Å²) in [5.74, 6) is 0. The molecule has 1 saturated heterocycles. The molecule has 1 heterocycles. The lowest BCUT2D eigenvalue weighted by atomic mass is 10.1. The van der Waals surface area contributed by atoms with Gasteiger partial charge in [0.25, 0.3) is 0 Å². The summed E-state index contributed by atoms with van der Waals surface area (Å²) in [6.07, 6.45) is 0.439. The number of hydrogen-bond acceptors (Lipinski definition) is 3. The summed E-state index contributed by atoms with van der Waals surface area (Å²) < 4.78 is 0. The second-order valence-electron chi connectivity index (χ2n) is 2.48. The minimum absolute atomic E-state index is 0.228. The van der Waals surface area contributed by atoms with E-state index < -0.39 is 11.4 Å². The molecule has 1 aliphatic rings. The van der Waals surface area contributed by atoms with E-state index in [0.29, 0.717) is 6.42 Å². The molecule has 0 radical (unpaired) electrons. The maximum absolute atomic E-state index is 10.3. The summed E-state index contributed by atoms with van der Waals surface area (Å²) >= 11 is 11.4. The fourth-order valence-electron chi connectivity index (χ4n) is 1.02. The molecule has 0 bridgehead atoms. The highest BCUT2D eigenvalue weighted by molar-refractivity contribution is 6.23. The highest BCUT2D eigenvalue weighted by atomic mass is 35.5. The third-order valence-electron chi connectivity index (χ3n) is 1.67. The van der Waals surface area contributed by atoms with Gasteiger partial charge in [0.2, 0.25) is 6.04 Å². The molecule has 1 N–H and O–H groups in total. The molecule has 0 aromatic carbocycles. The number of rotatable bonds is 1. The molecular weight excluding hydrogens is 191 g/mol. The van der Waals surface area contributed by atoms with E-state index in [4.69, 9.17) is 23.2 Å². The van der Waals surface area contributed by atoms with E-state index >= 15 is 0 Å². The van der Waals surface area contributed by atoms with E-state index in [0.717, 1.165) is 0 Å². The molecule has 11 heavy (non-hydrogen) atoms. The first-order valence-corrected chi connectivity index (χ1v) is 4.13. The van der Waals surface area contributed by atoms with Gasteiger partial charge in [0.1, 0.15) is 5.38 Å². The fourth-order valence-corrected chi connectivity index (χ4v) is 1.75. The molecule has 1 aliphatic heterocycles. The third kappa shape index (κ3) is 2.18. The lowest BCUT2D eigenvalue weighted by Gasteiger charge is -2.24. The zero-order valence-corrected chi connectivity index (χ0v) is 7.18. The van der Waals surface area contributed by atoms with Crippen LogP contribution >= 0.6 is 23.2 Å². The van der Waals surface area contributed by atoms with Crippen LogP contribution in [-0.2, 0) is 0 Å². The summed E-state index contributed by atoms with van der Waals surface area (Å²) in [5.41, 5.74) is -0.228. The quantitative estimate of drug-likeness (QED) is 0.294. The van der Waals surface area contributed by atoms with E-state index in [1.165, 1.54) is 0 Å². The Morgan fingerprint density at radius 1 is 1.55 bits per heavy atom. The molecular formula is C5H8Cl2N2O2. The van der Waals surface area contributed by atoms with Gasteiger partial charge in [0, 0.05) is 4.92 Å². The lowest BCUT2D eigenvalue weighted by molar-refractivity contribution is -0.521. The minimum Gasteiger partial charge on any atom is -0.295 e. The maximum Gasteiger partial charge on any atom is 0.241 e. The van der Waals surface area contributed by atoms with Gasteiger partial charge in [-0.25, -0.2) is 0 Å². The van der Waals surface area contributed by atoms with Crippen LogP contribution in [0.1, 0.15) is 6.42 Å². The second-order valence-corrected chi connectivity index (χ2v) is 3.57. The summed E-state index contributed by atoms with van der Waals surface area (Å²) in [5, 5.41) is 12.6. The van der Waals surface area contributed by atoms with Gasteiger partial charge in [-0.1, -0.05) is 0 Å². The minimum atomic E-state index is -0.702. The van der Waals surface area contributed by atoms with Crippen LogP contribution in [0.2, 0.25) is 0 Å². The molecule has 0 aromatic rings. The van der Waals surface area contributed by atoms with E-state index in [9.17, 15) is 10.1 Å². The van der Waals surface area contributed by atoms with Crippen molar-refractivity contribution < 1.29 is 4.92 Å². The zero-order chi connectivity index (χ0) is 8.43. The topological polar surface area (TPSA) is 55.2 Å². The van der Waals surface area contributed by atoms with Crippen LogP contribution in [0.5, 0.6) is 0 Å². The highest BCUT2D eigenvalue weighted by Crippen LogP contribution is 2.19. The predicted molar refractivity (Wildman–Crippen MR) is 42.7 cm³/mol. The summed E-state index contributed by atoms with van der Waals surface area (Å²) in [6.45, 7) is 0.259. The number of piperidine rings is 1. The van der Waals surface area contributed by atoms with Crippen LogP contribution < -0.4 is 5.32 Å². The lowest BCUT2D eigenvalue weighted by Crippen LogP contribution is -2.49. The number of nitro groups is 1. The molecule has 0 spiro atoms. The Balaban J connectivity index is 2.50. The Morgan fingerprint density at radius 2 is 2.18 bits per heavy atom. The van der Waals surface area contributed by atoms with E-state index in [2.05, 4.69) is 5.32 Å². The molecule has 0 aliphatic carbocycles. The number of nitrogens with one attached hydrogen (secondary N) is 1. The molecule has 1 rings (SSSR count). The monoisotopic (exact) mass is 198 g/mol. The van der Waals surface area contributed by atoms with Gasteiger partial charge in [-0.15, -0.1) is 23.2 Å². The first-order valence-electron chi connectivity index (χ1n) is 3.26. The molecule has 6 heteroatoms. The summed E-state index contributed by atoms with van der Waals surface area (Å²) in [7, 11) is 0. The van der Waals surface area contributed by atoms with E-state index in [-0.39, 0.29) is 17.0 Å². The van der Waals surface area contributed by atoms with Crippen LogP contribution in [0.4, 0.5) is 0 Å². The number of alkyl halides is 2. The van der Waals surface area contributed by atoms with Crippen molar-refractivity contribution in [2.75, 3.05) is 6.54 Å². The van der Waals surface area contributed by atoms with Crippen LogP contribution in [0, 0.1) is 10.1 Å². The van der Waals surface area contributed by atoms with Crippen molar-refractivity contribution in [2.45, 2.75) is 23.3 Å². The first kappa shape index (κ1) is 9.03. The molecule has 64 valence electrons. The average Bonchev–Trinajstić information content (AvgIpc) is 1.85. The normalized spacial score (nSPS) is 38.5. The number of nitrogens with zero attached hydrogens (tertiary/aromatic N) is 1. The van der Waals surface area contributed by atoms with Gasteiger partial charge in [0.05, 0.1) is 12.0 Å². The number of halogens is 2. The van der Waals surface area contributed by atoms with E-state index in [1.54, 1.807) is 0 Å². The molecule has 0 saturated carbocycles. The van der Waals surface area contributed by atoms with Gasteiger partial charge in [-0.3, -0.25) is 15.4 Å². The van der Waals surface area contributed by atoms with Crippen molar-refractivity contribution in [3.8, 4) is 0 Å². The summed E-state index contributed by atoms with van der Waals surface area (Å²) in [4.78, 5) is 9.94. The van der Waals surface area contributed by atoms with Crippen molar-refractivity contribution in [3.05, 3.63) is 10.1 Å². The molecule has 4 nitrogen and oxygen atoms in total. The molecule has 3 atom stereocenters. The van der Waals surface area contributed by atoms with Crippen molar-refractivity contribution in [1.82, 2.24) is 5.32 Å². The second kappa shape index (κ2) is 3.56. The molecule has 3 unspecified atom stereocenters. The van der Waals surface area contributed by atoms with Crippen LogP contribution in [0.25, 0.3) is 0 Å². The Kier molecular flexibility index (Phi) is 2.92. The standard InChI is InChI=1S/C5H8Cl2N2O2/c6-3-1-5(7)8-2-4(3)9(10)11/h3-5,8H,1-2H2. The van der Waals surface area contributed by atoms with Crippen molar-refractivity contribution in [2.24, 2.45) is 0 Å². The molecule has 1 fully saturated rings. The predicted octanol–water partition coefficient (Wildman–Crippen LogP) is 0.797. The first-order chi connectivity index (χ1) is 5.11. The van der Waals surface area contributed by atoms with Crippen molar-refractivity contribution in [3.63, 3.8) is 0 Å². The van der Waals surface area contributed by atoms with Crippen molar-refractivity contribution in [1.29, 1.82) is 0 Å². The zero-order valence-electron chi connectivity index (χ0n) is 5.67. The maximum atomic E-state index is 10.3. The highest BCUT2D eigenvalue weighted by Gasteiger charge is 2.35.